The minimum atomic E-state index is -1.53. The molecule has 2 heterocycles. The van der Waals surface area contributed by atoms with Crippen LogP contribution in [0.3, 0.4) is 0 Å². The number of ether oxygens (including phenoxy) is 5. The highest BCUT2D eigenvalue weighted by Crippen LogP contribution is 2.39. The van der Waals surface area contributed by atoms with Gasteiger partial charge in [-0.2, -0.15) is 0 Å². The Morgan fingerprint density at radius 2 is 1.77 bits per heavy atom. The molecule has 0 bridgehead atoms. The van der Waals surface area contributed by atoms with Crippen molar-refractivity contribution >= 4 is 18.0 Å². The molecule has 10 heteroatoms. The van der Waals surface area contributed by atoms with E-state index in [4.69, 9.17) is 23.7 Å². The number of aliphatic hydroxyl groups is 1. The Labute approximate surface area is 258 Å². The summed E-state index contributed by atoms with van der Waals surface area (Å²) in [5.74, 6) is -3.70. The molecule has 2 rings (SSSR count). The van der Waals surface area contributed by atoms with Crippen LogP contribution < -0.4 is 0 Å². The third-order valence-corrected chi connectivity index (χ3v) is 9.70. The maximum absolute atomic E-state index is 14.0. The molecule has 0 radical (unpaired) electrons. The van der Waals surface area contributed by atoms with Crippen LogP contribution in [0.1, 0.15) is 81.1 Å². The molecule has 0 amide bonds. The normalized spacial score (nSPS) is 43.4. The number of ketones is 1. The molecule has 0 saturated carbocycles. The maximum Gasteiger partial charge on any atom is 0.316 e. The number of carbonyl (C=O) groups excluding carboxylic acids is 3. The molecule has 1 fully saturated rings. The van der Waals surface area contributed by atoms with E-state index >= 15 is 0 Å². The number of esters is 1. The minimum absolute atomic E-state index is 0.0176. The largest absolute Gasteiger partial charge is 0.459 e. The van der Waals surface area contributed by atoms with Crippen LogP contribution in [-0.4, -0.2) is 104 Å². The number of aldehydes is 1. The first kappa shape index (κ1) is 37.5. The Bertz CT molecular complexity index is 981. The zero-order valence-corrected chi connectivity index (χ0v) is 28.4. The van der Waals surface area contributed by atoms with E-state index in [1.807, 2.05) is 47.9 Å². The molecule has 0 aromatic heterocycles. The first-order valence-electron chi connectivity index (χ1n) is 15.6. The van der Waals surface area contributed by atoms with Gasteiger partial charge >= 0.3 is 5.97 Å². The summed E-state index contributed by atoms with van der Waals surface area (Å²) < 4.78 is 30.9. The number of cyclic esters (lactones) is 1. The van der Waals surface area contributed by atoms with Gasteiger partial charge in [-0.1, -0.05) is 32.4 Å². The Balaban J connectivity index is 2.68. The molecule has 1 saturated heterocycles. The topological polar surface area (TPSA) is 121 Å². The third-order valence-electron chi connectivity index (χ3n) is 9.70. The fraction of sp³-hybridized carbons (Fsp3) is 0.848. The van der Waals surface area contributed by atoms with Crippen LogP contribution in [0.2, 0.25) is 0 Å². The van der Waals surface area contributed by atoms with Gasteiger partial charge in [-0.15, -0.1) is 0 Å². The molecule has 0 spiro atoms. The van der Waals surface area contributed by atoms with Gasteiger partial charge in [-0.05, 0) is 73.9 Å². The molecule has 0 aromatic carbocycles. The van der Waals surface area contributed by atoms with Crippen molar-refractivity contribution < 1.29 is 43.2 Å². The van der Waals surface area contributed by atoms with Crippen LogP contribution >= 0.6 is 0 Å². The van der Waals surface area contributed by atoms with Crippen LogP contribution in [-0.2, 0) is 38.1 Å². The number of methoxy groups -OCH3 is 2. The van der Waals surface area contributed by atoms with Crippen molar-refractivity contribution in [2.24, 2.45) is 23.7 Å². The van der Waals surface area contributed by atoms with Gasteiger partial charge in [0.25, 0.3) is 0 Å². The van der Waals surface area contributed by atoms with Crippen molar-refractivity contribution in [2.45, 2.75) is 129 Å². The predicted octanol–water partition coefficient (Wildman–Crippen LogP) is 3.96. The molecular formula is C33H57NO9. The van der Waals surface area contributed by atoms with Gasteiger partial charge in [0.2, 0.25) is 0 Å². The lowest BCUT2D eigenvalue weighted by Crippen LogP contribution is -2.59. The molecule has 2 aliphatic heterocycles. The van der Waals surface area contributed by atoms with Gasteiger partial charge in [0.15, 0.2) is 12.1 Å². The smallest absolute Gasteiger partial charge is 0.316 e. The van der Waals surface area contributed by atoms with E-state index in [-0.39, 0.29) is 30.3 Å². The lowest BCUT2D eigenvalue weighted by molar-refractivity contribution is -0.299. The number of allylic oxidation sites excluding steroid dienone is 1. The Hall–Kier alpha value is -1.69. The molecular weight excluding hydrogens is 554 g/mol. The first-order chi connectivity index (χ1) is 20.0. The fourth-order valence-electron chi connectivity index (χ4n) is 7.14. The van der Waals surface area contributed by atoms with E-state index in [0.29, 0.717) is 12.8 Å². The molecule has 43 heavy (non-hydrogen) atoms. The van der Waals surface area contributed by atoms with Gasteiger partial charge in [0.1, 0.15) is 30.0 Å². The van der Waals surface area contributed by atoms with E-state index < -0.39 is 59.5 Å². The summed E-state index contributed by atoms with van der Waals surface area (Å²) in [4.78, 5) is 41.2. The molecule has 12 atom stereocenters. The zero-order chi connectivity index (χ0) is 32.9. The number of carbonyl (C=O) groups is 3. The van der Waals surface area contributed by atoms with Crippen LogP contribution in [0.4, 0.5) is 0 Å². The number of hydrogen-bond acceptors (Lipinski definition) is 10. The summed E-state index contributed by atoms with van der Waals surface area (Å²) in [5, 5.41) is 11.7. The SMILES string of the molecule is CC[C@H]1OC(=O)[C@H](C)C(=O)[C@H](C)[C@@H](O[C@@H]2O[C@H](C)C[C@H](N(C)C)[C@H]2OC)[C@](C)(OC)C[C@@H](C)/C=C(/C)[C@@H](CC=O)[C@]1(C)O. The molecule has 248 valence electrons. The van der Waals surface area contributed by atoms with E-state index in [2.05, 4.69) is 4.90 Å². The molecule has 0 unspecified atom stereocenters. The number of Topliss-reactive ketones (excluding diaryl/α,β-unsaturated/α-hetero) is 1. The van der Waals surface area contributed by atoms with Crippen molar-refractivity contribution in [3.05, 3.63) is 11.6 Å². The van der Waals surface area contributed by atoms with Crippen LogP contribution in [0.5, 0.6) is 0 Å². The number of hydrogen-bond donors (Lipinski definition) is 1. The molecule has 1 N–H and O–H groups in total. The molecule has 0 aliphatic carbocycles. The van der Waals surface area contributed by atoms with E-state index in [9.17, 15) is 19.5 Å². The van der Waals surface area contributed by atoms with Crippen molar-refractivity contribution in [1.29, 1.82) is 0 Å². The summed E-state index contributed by atoms with van der Waals surface area (Å²) in [7, 11) is 7.18. The number of rotatable bonds is 8. The summed E-state index contributed by atoms with van der Waals surface area (Å²) in [6.07, 6.45) is 1.28. The van der Waals surface area contributed by atoms with Crippen LogP contribution in [0, 0.1) is 23.7 Å². The zero-order valence-electron chi connectivity index (χ0n) is 28.4. The Kier molecular flexibility index (Phi) is 13.6. The third kappa shape index (κ3) is 8.52. The lowest BCUT2D eigenvalue weighted by atomic mass is 9.74. The van der Waals surface area contributed by atoms with Gasteiger partial charge in [0, 0.05) is 38.5 Å². The van der Waals surface area contributed by atoms with Crippen molar-refractivity contribution in [3.8, 4) is 0 Å². The standard InChI is InChI=1S/C33H57NO9/c1-13-26-33(8,38)24(14-15-35)20(3)16-19(2)18-32(7,40-12)29(22(5)27(36)23(6)30(37)42-26)43-31-28(39-11)25(34(9)10)17-21(4)41-31/h15-16,19,21-26,28-29,31,38H,13-14,17-18H2,1-12H3/b20-16-/t19-,21+,22-,23+,24+,25-,26+,28+,29+,31-,32+,33-/m0/s1. The van der Waals surface area contributed by atoms with E-state index in [0.717, 1.165) is 18.3 Å². The minimum Gasteiger partial charge on any atom is -0.459 e. The van der Waals surface area contributed by atoms with Crippen molar-refractivity contribution in [1.82, 2.24) is 4.90 Å². The summed E-state index contributed by atoms with van der Waals surface area (Å²) in [5.41, 5.74) is -1.72. The second-order valence-electron chi connectivity index (χ2n) is 13.4. The fourth-order valence-corrected chi connectivity index (χ4v) is 7.14. The molecule has 10 nitrogen and oxygen atoms in total. The summed E-state index contributed by atoms with van der Waals surface area (Å²) in [6.45, 7) is 14.5. The van der Waals surface area contributed by atoms with Crippen LogP contribution in [0.15, 0.2) is 11.6 Å². The lowest BCUT2D eigenvalue weighted by Gasteiger charge is -2.47. The van der Waals surface area contributed by atoms with Gasteiger partial charge in [0.05, 0.1) is 17.8 Å². The highest BCUT2D eigenvalue weighted by molar-refractivity contribution is 6.00. The summed E-state index contributed by atoms with van der Waals surface area (Å²) >= 11 is 0. The van der Waals surface area contributed by atoms with Crippen LogP contribution in [0.25, 0.3) is 0 Å². The number of likely N-dealkylation sites (N-methyl/N-ethyl adjacent to an activating group) is 1. The highest BCUT2D eigenvalue weighted by atomic mass is 16.7. The average Bonchev–Trinajstić information content (AvgIpc) is 2.94. The quantitative estimate of drug-likeness (QED) is 0.187. The van der Waals surface area contributed by atoms with Gasteiger partial charge in [-0.3, -0.25) is 9.59 Å². The second kappa shape index (κ2) is 15.5. The van der Waals surface area contributed by atoms with E-state index in [1.165, 1.54) is 6.92 Å². The Morgan fingerprint density at radius 1 is 1.14 bits per heavy atom. The van der Waals surface area contributed by atoms with Gasteiger partial charge < -0.3 is 38.5 Å². The van der Waals surface area contributed by atoms with Crippen molar-refractivity contribution in [3.63, 3.8) is 0 Å². The first-order valence-corrected chi connectivity index (χ1v) is 15.6. The molecule has 2 aliphatic rings. The maximum atomic E-state index is 14.0. The summed E-state index contributed by atoms with van der Waals surface area (Å²) in [6, 6.07) is 0.0176. The predicted molar refractivity (Wildman–Crippen MR) is 163 cm³/mol. The van der Waals surface area contributed by atoms with Gasteiger partial charge in [-0.25, -0.2) is 0 Å². The second-order valence-corrected chi connectivity index (χ2v) is 13.4. The molecule has 0 aromatic rings. The Morgan fingerprint density at radius 3 is 2.28 bits per heavy atom. The average molecular weight is 612 g/mol. The number of nitrogens with zero attached hydrogens (tertiary/aromatic N) is 1. The monoisotopic (exact) mass is 611 g/mol. The highest BCUT2D eigenvalue weighted by Gasteiger charge is 2.50. The van der Waals surface area contributed by atoms with E-state index in [1.54, 1.807) is 35.0 Å². The van der Waals surface area contributed by atoms with Crippen molar-refractivity contribution in [2.75, 3.05) is 28.3 Å².